The highest BCUT2D eigenvalue weighted by atomic mass is 16.3. The molecule has 0 aromatic heterocycles. The topological polar surface area (TPSA) is 69.6 Å². The van der Waals surface area contributed by atoms with Gasteiger partial charge in [-0.2, -0.15) is 0 Å². The molecule has 3 aliphatic carbocycles. The Kier molecular flexibility index (Phi) is 2.97. The molecule has 0 radical (unpaired) electrons. The van der Waals surface area contributed by atoms with Crippen LogP contribution in [0.25, 0.3) is 0 Å². The lowest BCUT2D eigenvalue weighted by molar-refractivity contribution is -0.141. The second-order valence-electron chi connectivity index (χ2n) is 7.27. The number of aliphatic hydroxyl groups is 1. The summed E-state index contributed by atoms with van der Waals surface area (Å²) < 4.78 is 0. The van der Waals surface area contributed by atoms with Crippen molar-refractivity contribution in [1.82, 2.24) is 4.90 Å². The molecule has 1 aliphatic heterocycles. The average molecular weight is 348 g/mol. The third-order valence-electron chi connectivity index (χ3n) is 6.37. The van der Waals surface area contributed by atoms with Crippen molar-refractivity contribution < 1.29 is 14.7 Å². The summed E-state index contributed by atoms with van der Waals surface area (Å²) in [6.07, 6.45) is 0. The van der Waals surface area contributed by atoms with Crippen LogP contribution in [0.1, 0.15) is 35.1 Å². The largest absolute Gasteiger partial charge is 0.388 e. The zero-order valence-electron chi connectivity index (χ0n) is 14.7. The number of nitrogens with one attached hydrogen (secondary N) is 1. The number of hydrogen-bond acceptors (Lipinski definition) is 4. The van der Waals surface area contributed by atoms with Crippen molar-refractivity contribution >= 4 is 17.5 Å². The molecule has 1 saturated heterocycles. The zero-order valence-corrected chi connectivity index (χ0v) is 14.7. The van der Waals surface area contributed by atoms with Crippen LogP contribution >= 0.6 is 0 Å². The number of imide groups is 1. The van der Waals surface area contributed by atoms with Gasteiger partial charge in [0.25, 0.3) is 0 Å². The van der Waals surface area contributed by atoms with Gasteiger partial charge >= 0.3 is 0 Å². The highest BCUT2D eigenvalue weighted by Crippen LogP contribution is 2.64. The van der Waals surface area contributed by atoms with Gasteiger partial charge < -0.3 is 10.4 Å². The van der Waals surface area contributed by atoms with Gasteiger partial charge in [-0.05, 0) is 35.2 Å². The summed E-state index contributed by atoms with van der Waals surface area (Å²) in [4.78, 5) is 27.5. The molecule has 4 aliphatic rings. The molecule has 0 unspecified atom stereocenters. The third kappa shape index (κ3) is 1.51. The van der Waals surface area contributed by atoms with Crippen molar-refractivity contribution in [1.29, 1.82) is 0 Å². The van der Waals surface area contributed by atoms with Crippen LogP contribution < -0.4 is 5.32 Å². The number of carbonyl (C=O) groups excluding carboxylic acids is 2. The number of nitrogens with zero attached hydrogens (tertiary/aromatic N) is 1. The van der Waals surface area contributed by atoms with Crippen molar-refractivity contribution in [2.24, 2.45) is 11.8 Å². The molecular formula is C21H20N2O3. The zero-order chi connectivity index (χ0) is 18.2. The molecule has 4 atom stereocenters. The quantitative estimate of drug-likeness (QED) is 0.815. The van der Waals surface area contributed by atoms with Gasteiger partial charge in [0.2, 0.25) is 11.8 Å². The normalized spacial score (nSPS) is 30.9. The second kappa shape index (κ2) is 4.95. The Morgan fingerprint density at radius 3 is 2.54 bits per heavy atom. The van der Waals surface area contributed by atoms with Crippen LogP contribution in [0.3, 0.4) is 0 Å². The molecular weight excluding hydrogens is 328 g/mol. The fourth-order valence-electron chi connectivity index (χ4n) is 5.41. The van der Waals surface area contributed by atoms with Crippen molar-refractivity contribution in [2.45, 2.75) is 18.4 Å². The molecule has 5 heteroatoms. The first-order valence-corrected chi connectivity index (χ1v) is 9.03. The Hall–Kier alpha value is -2.66. The van der Waals surface area contributed by atoms with Crippen LogP contribution in [0.15, 0.2) is 42.5 Å². The fraction of sp³-hybridized carbons (Fsp3) is 0.333. The second-order valence-corrected chi connectivity index (χ2v) is 7.27. The minimum atomic E-state index is -1.48. The van der Waals surface area contributed by atoms with Crippen LogP contribution in [-0.2, 0) is 15.2 Å². The van der Waals surface area contributed by atoms with Crippen LogP contribution in [0.5, 0.6) is 0 Å². The van der Waals surface area contributed by atoms with Gasteiger partial charge in [-0.15, -0.1) is 0 Å². The van der Waals surface area contributed by atoms with Crippen molar-refractivity contribution in [3.8, 4) is 0 Å². The summed E-state index contributed by atoms with van der Waals surface area (Å²) in [7, 11) is 1.84. The van der Waals surface area contributed by atoms with Gasteiger partial charge in [0.15, 0.2) is 0 Å². The Morgan fingerprint density at radius 2 is 1.81 bits per heavy atom. The van der Waals surface area contributed by atoms with Gasteiger partial charge in [-0.25, -0.2) is 0 Å². The maximum atomic E-state index is 13.1. The first kappa shape index (κ1) is 15.6. The number of hydrogen-bond donors (Lipinski definition) is 2. The predicted molar refractivity (Wildman–Crippen MR) is 96.6 cm³/mol. The smallest absolute Gasteiger partial charge is 0.236 e. The van der Waals surface area contributed by atoms with Crippen LogP contribution in [0.2, 0.25) is 0 Å². The molecule has 1 fully saturated rings. The third-order valence-corrected chi connectivity index (χ3v) is 6.37. The number of anilines is 1. The molecule has 2 aromatic rings. The number of benzene rings is 2. The Labute approximate surface area is 151 Å². The number of amides is 2. The number of carbonyl (C=O) groups is 2. The molecule has 1 heterocycles. The molecule has 2 bridgehead atoms. The molecule has 2 N–H and O–H groups in total. The lowest BCUT2D eigenvalue weighted by atomic mass is 9.52. The standard InChI is InChI=1S/C21H20N2O3/c1-3-23-19(24)17-15-11-7-4-5-8-12(11)21(26,18(17)20(23)25)13-9-6-10-14(22-2)16(13)15/h4-10,15,17-18,22,26H,3H2,1-2H3/t15-,17-,18+,21+/m0/s1. The molecule has 0 spiro atoms. The predicted octanol–water partition coefficient (Wildman–Crippen LogP) is 2.04. The minimum Gasteiger partial charge on any atom is -0.388 e. The maximum absolute atomic E-state index is 13.1. The Bertz CT molecular complexity index is 969. The number of likely N-dealkylation sites (tertiary alicyclic amines) is 1. The van der Waals surface area contributed by atoms with E-state index >= 15 is 0 Å². The summed E-state index contributed by atoms with van der Waals surface area (Å²) in [6.45, 7) is 2.14. The summed E-state index contributed by atoms with van der Waals surface area (Å²) in [5.74, 6) is -1.96. The molecule has 132 valence electrons. The lowest BCUT2D eigenvalue weighted by Crippen LogP contribution is -2.53. The van der Waals surface area contributed by atoms with E-state index in [0.717, 1.165) is 27.9 Å². The summed E-state index contributed by atoms with van der Waals surface area (Å²) in [6, 6.07) is 13.4. The minimum absolute atomic E-state index is 0.169. The molecule has 0 saturated carbocycles. The van der Waals surface area contributed by atoms with Crippen molar-refractivity contribution in [3.05, 3.63) is 64.7 Å². The van der Waals surface area contributed by atoms with Crippen LogP contribution in [0, 0.1) is 11.8 Å². The molecule has 2 amide bonds. The van der Waals surface area contributed by atoms with Crippen LogP contribution in [0.4, 0.5) is 5.69 Å². The van der Waals surface area contributed by atoms with E-state index in [1.54, 1.807) is 6.92 Å². The van der Waals surface area contributed by atoms with Gasteiger partial charge in [0, 0.05) is 25.2 Å². The Balaban J connectivity index is 1.90. The van der Waals surface area contributed by atoms with Crippen molar-refractivity contribution in [2.75, 3.05) is 18.9 Å². The first-order chi connectivity index (χ1) is 12.6. The first-order valence-electron chi connectivity index (χ1n) is 9.03. The maximum Gasteiger partial charge on any atom is 0.236 e. The van der Waals surface area contributed by atoms with E-state index < -0.39 is 17.4 Å². The van der Waals surface area contributed by atoms with Gasteiger partial charge in [-0.1, -0.05) is 36.4 Å². The lowest BCUT2D eigenvalue weighted by Gasteiger charge is -2.51. The molecule has 26 heavy (non-hydrogen) atoms. The fourth-order valence-corrected chi connectivity index (χ4v) is 5.41. The van der Waals surface area contributed by atoms with Crippen molar-refractivity contribution in [3.63, 3.8) is 0 Å². The Morgan fingerprint density at radius 1 is 1.08 bits per heavy atom. The van der Waals surface area contributed by atoms with E-state index in [0.29, 0.717) is 6.54 Å². The molecule has 6 rings (SSSR count). The molecule has 2 aromatic carbocycles. The van der Waals surface area contributed by atoms with E-state index in [4.69, 9.17) is 0 Å². The van der Waals surface area contributed by atoms with E-state index in [1.807, 2.05) is 49.5 Å². The van der Waals surface area contributed by atoms with Gasteiger partial charge in [0.05, 0.1) is 11.8 Å². The highest BCUT2D eigenvalue weighted by Gasteiger charge is 2.68. The van der Waals surface area contributed by atoms with E-state index in [1.165, 1.54) is 4.90 Å². The van der Waals surface area contributed by atoms with E-state index in [9.17, 15) is 14.7 Å². The number of rotatable bonds is 2. The summed E-state index contributed by atoms with van der Waals surface area (Å²) >= 11 is 0. The average Bonchev–Trinajstić information content (AvgIpc) is 2.93. The van der Waals surface area contributed by atoms with E-state index in [2.05, 4.69) is 5.32 Å². The van der Waals surface area contributed by atoms with Gasteiger partial charge in [-0.3, -0.25) is 14.5 Å². The SMILES string of the molecule is CCN1C(=O)[C@H]2[C@H]3c4ccccc4[C@@](O)(c4cccc(NC)c43)[C@H]2C1=O. The molecule has 5 nitrogen and oxygen atoms in total. The monoisotopic (exact) mass is 348 g/mol. The summed E-state index contributed by atoms with van der Waals surface area (Å²) in [5.41, 5.74) is 2.81. The summed E-state index contributed by atoms with van der Waals surface area (Å²) in [5, 5.41) is 15.2. The van der Waals surface area contributed by atoms with Crippen LogP contribution in [-0.4, -0.2) is 35.4 Å². The van der Waals surface area contributed by atoms with E-state index in [-0.39, 0.29) is 17.7 Å². The highest BCUT2D eigenvalue weighted by molar-refractivity contribution is 6.08. The van der Waals surface area contributed by atoms with Gasteiger partial charge in [0.1, 0.15) is 5.60 Å².